The monoisotopic (exact) mass is 355 g/mol. The minimum atomic E-state index is -3.41. The number of hydrogen-bond donors (Lipinski definition) is 3. The molecule has 6 nitrogen and oxygen atoms in total. The molecule has 0 fully saturated rings. The first-order chi connectivity index (χ1) is 9.45. The summed E-state index contributed by atoms with van der Waals surface area (Å²) in [4.78, 5) is 11.7. The average Bonchev–Trinajstić information content (AvgIpc) is 2.84. The van der Waals surface area contributed by atoms with Crippen molar-refractivity contribution in [1.82, 2.24) is 15.4 Å². The van der Waals surface area contributed by atoms with Gasteiger partial charge in [0.25, 0.3) is 0 Å². The predicted molar refractivity (Wildman–Crippen MR) is 87.7 cm³/mol. The van der Waals surface area contributed by atoms with E-state index in [9.17, 15) is 13.2 Å². The Morgan fingerprint density at radius 3 is 2.57 bits per heavy atom. The van der Waals surface area contributed by atoms with Gasteiger partial charge in [0.2, 0.25) is 15.9 Å². The second-order valence-corrected chi connectivity index (χ2v) is 7.47. The molecule has 9 heteroatoms. The summed E-state index contributed by atoms with van der Waals surface area (Å²) in [6.07, 6.45) is 1.38. The molecule has 0 radical (unpaired) electrons. The zero-order chi connectivity index (χ0) is 15.0. The predicted octanol–water partition coefficient (Wildman–Crippen LogP) is 0.736. The van der Waals surface area contributed by atoms with Crippen molar-refractivity contribution < 1.29 is 13.2 Å². The van der Waals surface area contributed by atoms with E-state index in [4.69, 9.17) is 0 Å². The third-order valence-corrected chi connectivity index (χ3v) is 5.64. The summed E-state index contributed by atoms with van der Waals surface area (Å²) in [6.45, 7) is 3.17. The van der Waals surface area contributed by atoms with Crippen molar-refractivity contribution >= 4 is 39.7 Å². The van der Waals surface area contributed by atoms with Crippen molar-refractivity contribution in [2.24, 2.45) is 0 Å². The van der Waals surface area contributed by atoms with Gasteiger partial charge in [-0.2, -0.15) is 0 Å². The van der Waals surface area contributed by atoms with Crippen molar-refractivity contribution in [3.8, 4) is 0 Å². The third-order valence-electron chi connectivity index (χ3n) is 2.54. The minimum Gasteiger partial charge on any atom is -0.356 e. The molecule has 0 unspecified atom stereocenters. The number of thiophene rings is 1. The van der Waals surface area contributed by atoms with Crippen LogP contribution >= 0.6 is 23.7 Å². The van der Waals surface area contributed by atoms with E-state index in [2.05, 4.69) is 15.4 Å². The Morgan fingerprint density at radius 2 is 1.95 bits per heavy atom. The van der Waals surface area contributed by atoms with Gasteiger partial charge in [-0.15, -0.1) is 23.7 Å². The fourth-order valence-corrected chi connectivity index (χ4v) is 4.02. The highest BCUT2D eigenvalue weighted by atomic mass is 35.5. The van der Waals surface area contributed by atoms with E-state index in [1.807, 2.05) is 7.05 Å². The number of halogens is 1. The fraction of sp³-hybridized carbons (Fsp3) is 0.583. The maximum Gasteiger partial charge on any atom is 0.250 e. The highest BCUT2D eigenvalue weighted by molar-refractivity contribution is 7.91. The second-order valence-electron chi connectivity index (χ2n) is 4.31. The van der Waals surface area contributed by atoms with Crippen molar-refractivity contribution in [2.75, 3.05) is 26.7 Å². The lowest BCUT2D eigenvalue weighted by Gasteiger charge is -2.04. The van der Waals surface area contributed by atoms with Gasteiger partial charge in [0.1, 0.15) is 4.21 Å². The van der Waals surface area contributed by atoms with Gasteiger partial charge in [-0.05, 0) is 38.6 Å². The van der Waals surface area contributed by atoms with Gasteiger partial charge in [0.15, 0.2) is 0 Å². The lowest BCUT2D eigenvalue weighted by Crippen LogP contribution is -2.26. The molecule has 1 amide bonds. The zero-order valence-corrected chi connectivity index (χ0v) is 14.6. The Bertz CT molecular complexity index is 532. The van der Waals surface area contributed by atoms with Gasteiger partial charge in [-0.25, -0.2) is 13.1 Å². The molecule has 0 saturated carbocycles. The maximum absolute atomic E-state index is 12.0. The molecule has 0 atom stereocenters. The maximum atomic E-state index is 12.0. The first-order valence-corrected chi connectivity index (χ1v) is 8.73. The number of hydrogen-bond acceptors (Lipinski definition) is 5. The molecule has 3 N–H and O–H groups in total. The average molecular weight is 356 g/mol. The van der Waals surface area contributed by atoms with Crippen LogP contribution in [0.2, 0.25) is 0 Å². The Morgan fingerprint density at radius 1 is 1.24 bits per heavy atom. The molecule has 122 valence electrons. The summed E-state index contributed by atoms with van der Waals surface area (Å²) in [7, 11) is -1.58. The Labute approximate surface area is 136 Å². The zero-order valence-electron chi connectivity index (χ0n) is 12.1. The van der Waals surface area contributed by atoms with Crippen LogP contribution in [0.4, 0.5) is 0 Å². The summed E-state index contributed by atoms with van der Waals surface area (Å²) >= 11 is 1.24. The van der Waals surface area contributed by atoms with E-state index < -0.39 is 10.0 Å². The number of sulfonamides is 1. The molecule has 0 aliphatic heterocycles. The number of nitrogens with one attached hydrogen (secondary N) is 3. The molecule has 1 aromatic heterocycles. The van der Waals surface area contributed by atoms with E-state index >= 15 is 0 Å². The molecule has 0 saturated heterocycles. The van der Waals surface area contributed by atoms with Crippen LogP contribution in [0, 0.1) is 0 Å². The molecular formula is C12H22ClN3O3S2. The van der Waals surface area contributed by atoms with Crippen LogP contribution in [0.1, 0.15) is 18.2 Å². The van der Waals surface area contributed by atoms with E-state index in [-0.39, 0.29) is 18.3 Å². The van der Waals surface area contributed by atoms with Crippen LogP contribution in [-0.4, -0.2) is 41.0 Å². The number of carbonyl (C=O) groups is 1. The fourth-order valence-electron chi connectivity index (χ4n) is 1.54. The van der Waals surface area contributed by atoms with Gasteiger partial charge in [-0.1, -0.05) is 0 Å². The molecule has 0 aromatic carbocycles. The van der Waals surface area contributed by atoms with Gasteiger partial charge in [0.05, 0.1) is 0 Å². The van der Waals surface area contributed by atoms with E-state index in [1.54, 1.807) is 12.1 Å². The number of amides is 1. The molecule has 21 heavy (non-hydrogen) atoms. The van der Waals surface area contributed by atoms with E-state index in [0.717, 1.165) is 17.8 Å². The van der Waals surface area contributed by atoms with Crippen molar-refractivity contribution in [1.29, 1.82) is 0 Å². The summed E-state index contributed by atoms with van der Waals surface area (Å²) in [5.74, 6) is -0.0828. The van der Waals surface area contributed by atoms with E-state index in [0.29, 0.717) is 23.7 Å². The summed E-state index contributed by atoms with van der Waals surface area (Å²) in [5, 5.41) is 5.65. The first kappa shape index (κ1) is 20.3. The molecule has 1 heterocycles. The van der Waals surface area contributed by atoms with Crippen molar-refractivity contribution in [3.63, 3.8) is 0 Å². The van der Waals surface area contributed by atoms with Crippen LogP contribution < -0.4 is 15.4 Å². The largest absolute Gasteiger partial charge is 0.356 e. The van der Waals surface area contributed by atoms with Gasteiger partial charge in [-0.3, -0.25) is 4.79 Å². The Hall–Kier alpha value is -0.670. The van der Waals surface area contributed by atoms with Crippen LogP contribution in [0.5, 0.6) is 0 Å². The van der Waals surface area contributed by atoms with Crippen LogP contribution in [0.25, 0.3) is 0 Å². The molecular weight excluding hydrogens is 334 g/mol. The SMILES string of the molecule is CNCCCNS(=O)(=O)c1ccc(CCNC(C)=O)s1.Cl. The third kappa shape index (κ3) is 7.77. The summed E-state index contributed by atoms with van der Waals surface area (Å²) in [5.41, 5.74) is 0. The Kier molecular flexibility index (Phi) is 9.80. The lowest BCUT2D eigenvalue weighted by molar-refractivity contribution is -0.118. The molecule has 0 aliphatic carbocycles. The smallest absolute Gasteiger partial charge is 0.250 e. The normalized spacial score (nSPS) is 11.0. The van der Waals surface area contributed by atoms with Crippen LogP contribution in [0.3, 0.4) is 0 Å². The molecule has 1 aromatic rings. The summed E-state index contributed by atoms with van der Waals surface area (Å²) < 4.78 is 26.9. The highest BCUT2D eigenvalue weighted by Gasteiger charge is 2.15. The van der Waals surface area contributed by atoms with Crippen LogP contribution in [0.15, 0.2) is 16.3 Å². The second kappa shape index (κ2) is 10.1. The molecule has 0 aliphatic rings. The first-order valence-electron chi connectivity index (χ1n) is 6.43. The standard InChI is InChI=1S/C12H21N3O3S2.ClH/c1-10(16)14-9-6-11-4-5-12(19-11)20(17,18)15-8-3-7-13-2;/h4-5,13,15H,3,6-9H2,1-2H3,(H,14,16);1H. The summed E-state index contributed by atoms with van der Waals surface area (Å²) in [6, 6.07) is 3.39. The number of carbonyl (C=O) groups excluding carboxylic acids is 1. The van der Waals surface area contributed by atoms with Gasteiger partial charge in [0, 0.05) is 24.9 Å². The number of rotatable bonds is 9. The van der Waals surface area contributed by atoms with Gasteiger partial charge < -0.3 is 10.6 Å². The topological polar surface area (TPSA) is 87.3 Å². The van der Waals surface area contributed by atoms with Crippen molar-refractivity contribution in [2.45, 2.75) is 24.0 Å². The lowest BCUT2D eigenvalue weighted by atomic mass is 10.3. The highest BCUT2D eigenvalue weighted by Crippen LogP contribution is 2.21. The molecule has 1 rings (SSSR count). The Balaban J connectivity index is 0.00000400. The van der Waals surface area contributed by atoms with Gasteiger partial charge >= 0.3 is 0 Å². The van der Waals surface area contributed by atoms with Crippen molar-refractivity contribution in [3.05, 3.63) is 17.0 Å². The quantitative estimate of drug-likeness (QED) is 0.570. The minimum absolute atomic E-state index is 0. The molecule has 0 bridgehead atoms. The molecule has 0 spiro atoms. The van der Waals surface area contributed by atoms with Crippen LogP contribution in [-0.2, 0) is 21.2 Å². The van der Waals surface area contributed by atoms with E-state index in [1.165, 1.54) is 18.3 Å².